The summed E-state index contributed by atoms with van der Waals surface area (Å²) >= 11 is 0. The quantitative estimate of drug-likeness (QED) is 0.791. The first-order valence-corrected chi connectivity index (χ1v) is 9.71. The van der Waals surface area contributed by atoms with Gasteiger partial charge in [-0.25, -0.2) is 0 Å². The molecule has 3 heterocycles. The van der Waals surface area contributed by atoms with Gasteiger partial charge >= 0.3 is 0 Å². The zero-order valence-corrected chi connectivity index (χ0v) is 15.1. The molecular formula is C22H26N2O2. The van der Waals surface area contributed by atoms with Crippen molar-refractivity contribution in [2.24, 2.45) is 0 Å². The molecule has 2 saturated heterocycles. The van der Waals surface area contributed by atoms with Crippen LogP contribution in [0.1, 0.15) is 44.1 Å². The standard InChI is InChI=1S/C22H26N2O2/c25-22(8-4-7-17-5-2-1-3-6-17)24-18-9-10-19(24)16-21(15-18)26-20-11-13-23-14-12-20/h1-3,5-6,11-14,18-19,21H,4,7-10,15-16H2. The van der Waals surface area contributed by atoms with Gasteiger partial charge < -0.3 is 9.64 Å². The van der Waals surface area contributed by atoms with Gasteiger partial charge in [-0.1, -0.05) is 30.3 Å². The van der Waals surface area contributed by atoms with Gasteiger partial charge in [0.1, 0.15) is 11.9 Å². The maximum Gasteiger partial charge on any atom is 0.223 e. The van der Waals surface area contributed by atoms with E-state index in [1.165, 1.54) is 5.56 Å². The van der Waals surface area contributed by atoms with Gasteiger partial charge in [-0.2, -0.15) is 0 Å². The number of pyridine rings is 1. The molecule has 4 heteroatoms. The Morgan fingerprint density at radius 2 is 1.73 bits per heavy atom. The van der Waals surface area contributed by atoms with E-state index < -0.39 is 0 Å². The van der Waals surface area contributed by atoms with Crippen LogP contribution in [0.15, 0.2) is 54.9 Å². The number of nitrogens with zero attached hydrogens (tertiary/aromatic N) is 2. The Kier molecular flexibility index (Phi) is 5.19. The largest absolute Gasteiger partial charge is 0.490 e. The fourth-order valence-corrected chi connectivity index (χ4v) is 4.46. The molecular weight excluding hydrogens is 324 g/mol. The fraction of sp³-hybridized carbons (Fsp3) is 0.455. The third-order valence-electron chi connectivity index (χ3n) is 5.63. The average Bonchev–Trinajstić information content (AvgIpc) is 2.94. The van der Waals surface area contributed by atoms with E-state index in [-0.39, 0.29) is 6.10 Å². The number of fused-ring (bicyclic) bond motifs is 2. The van der Waals surface area contributed by atoms with Gasteiger partial charge in [0.25, 0.3) is 0 Å². The number of hydrogen-bond donors (Lipinski definition) is 0. The number of carbonyl (C=O) groups is 1. The summed E-state index contributed by atoms with van der Waals surface area (Å²) in [5.41, 5.74) is 1.31. The molecule has 0 radical (unpaired) electrons. The van der Waals surface area contributed by atoms with Crippen LogP contribution in [0, 0.1) is 0 Å². The van der Waals surface area contributed by atoms with Crippen LogP contribution in [-0.4, -0.2) is 34.0 Å². The molecule has 1 aromatic carbocycles. The summed E-state index contributed by atoms with van der Waals surface area (Å²) in [6, 6.07) is 14.9. The lowest BCUT2D eigenvalue weighted by Crippen LogP contribution is -2.49. The normalized spacial score (nSPS) is 24.5. The minimum Gasteiger partial charge on any atom is -0.490 e. The molecule has 0 N–H and O–H groups in total. The second-order valence-electron chi connectivity index (χ2n) is 7.42. The van der Waals surface area contributed by atoms with Crippen molar-refractivity contribution in [2.45, 2.75) is 63.1 Å². The average molecular weight is 350 g/mol. The molecule has 2 unspecified atom stereocenters. The Balaban J connectivity index is 1.29. The van der Waals surface area contributed by atoms with Crippen molar-refractivity contribution in [1.29, 1.82) is 0 Å². The number of amides is 1. The van der Waals surface area contributed by atoms with Gasteiger partial charge in [0, 0.05) is 43.7 Å². The van der Waals surface area contributed by atoms with Gasteiger partial charge in [-0.05, 0) is 43.4 Å². The van der Waals surface area contributed by atoms with Crippen molar-refractivity contribution >= 4 is 5.91 Å². The maximum absolute atomic E-state index is 12.8. The highest BCUT2D eigenvalue weighted by Gasteiger charge is 2.43. The summed E-state index contributed by atoms with van der Waals surface area (Å²) in [6.45, 7) is 0. The molecule has 2 fully saturated rings. The summed E-state index contributed by atoms with van der Waals surface area (Å²) in [5, 5.41) is 0. The van der Waals surface area contributed by atoms with Gasteiger partial charge in [0.05, 0.1) is 0 Å². The van der Waals surface area contributed by atoms with Crippen LogP contribution in [-0.2, 0) is 11.2 Å². The SMILES string of the molecule is O=C(CCCc1ccccc1)N1C2CCC1CC(Oc1ccncc1)C2. The Bertz CT molecular complexity index is 705. The fourth-order valence-electron chi connectivity index (χ4n) is 4.46. The molecule has 0 spiro atoms. The number of aromatic nitrogens is 1. The van der Waals surface area contributed by atoms with Gasteiger partial charge in [0.15, 0.2) is 0 Å². The predicted octanol–water partition coefficient (Wildman–Crippen LogP) is 4.01. The van der Waals surface area contributed by atoms with Crippen LogP contribution in [0.4, 0.5) is 0 Å². The van der Waals surface area contributed by atoms with Crippen LogP contribution in [0.2, 0.25) is 0 Å². The molecule has 2 bridgehead atoms. The van der Waals surface area contributed by atoms with Crippen LogP contribution >= 0.6 is 0 Å². The zero-order chi connectivity index (χ0) is 17.8. The number of carbonyl (C=O) groups excluding carboxylic acids is 1. The highest BCUT2D eigenvalue weighted by Crippen LogP contribution is 2.37. The number of rotatable bonds is 6. The van der Waals surface area contributed by atoms with Gasteiger partial charge in [-0.15, -0.1) is 0 Å². The Morgan fingerprint density at radius 1 is 1.04 bits per heavy atom. The summed E-state index contributed by atoms with van der Waals surface area (Å²) in [6.07, 6.45) is 10.4. The van der Waals surface area contributed by atoms with E-state index in [0.717, 1.165) is 44.3 Å². The summed E-state index contributed by atoms with van der Waals surface area (Å²) in [7, 11) is 0. The molecule has 4 rings (SSSR count). The minimum atomic E-state index is 0.211. The lowest BCUT2D eigenvalue weighted by Gasteiger charge is -2.39. The first-order valence-electron chi connectivity index (χ1n) is 9.71. The smallest absolute Gasteiger partial charge is 0.223 e. The third-order valence-corrected chi connectivity index (χ3v) is 5.63. The number of aryl methyl sites for hydroxylation is 1. The molecule has 2 aliphatic rings. The topological polar surface area (TPSA) is 42.4 Å². The van der Waals surface area contributed by atoms with E-state index in [1.807, 2.05) is 18.2 Å². The van der Waals surface area contributed by atoms with Crippen LogP contribution < -0.4 is 4.74 Å². The Hall–Kier alpha value is -2.36. The number of hydrogen-bond acceptors (Lipinski definition) is 3. The van der Waals surface area contributed by atoms with Crippen LogP contribution in [0.5, 0.6) is 5.75 Å². The first kappa shape index (κ1) is 17.1. The molecule has 26 heavy (non-hydrogen) atoms. The summed E-state index contributed by atoms with van der Waals surface area (Å²) < 4.78 is 6.13. The Labute approximate surface area is 155 Å². The van der Waals surface area contributed by atoms with E-state index in [1.54, 1.807) is 12.4 Å². The van der Waals surface area contributed by atoms with E-state index in [4.69, 9.17) is 4.74 Å². The second-order valence-corrected chi connectivity index (χ2v) is 7.42. The molecule has 0 aliphatic carbocycles. The van der Waals surface area contributed by atoms with E-state index in [0.29, 0.717) is 24.4 Å². The molecule has 4 nitrogen and oxygen atoms in total. The van der Waals surface area contributed by atoms with Gasteiger partial charge in [0.2, 0.25) is 5.91 Å². The van der Waals surface area contributed by atoms with Crippen molar-refractivity contribution in [2.75, 3.05) is 0 Å². The first-order chi connectivity index (χ1) is 12.8. The second kappa shape index (κ2) is 7.90. The van der Waals surface area contributed by atoms with E-state index in [9.17, 15) is 4.79 Å². The van der Waals surface area contributed by atoms with Crippen LogP contribution in [0.25, 0.3) is 0 Å². The van der Waals surface area contributed by atoms with Crippen molar-refractivity contribution in [1.82, 2.24) is 9.88 Å². The lowest BCUT2D eigenvalue weighted by molar-refractivity contribution is -0.137. The molecule has 2 atom stereocenters. The zero-order valence-electron chi connectivity index (χ0n) is 15.1. The molecule has 2 aromatic rings. The predicted molar refractivity (Wildman–Crippen MR) is 101 cm³/mol. The number of ether oxygens (including phenoxy) is 1. The van der Waals surface area contributed by atoms with Crippen molar-refractivity contribution in [3.05, 3.63) is 60.4 Å². The molecule has 0 saturated carbocycles. The number of piperidine rings is 1. The van der Waals surface area contributed by atoms with Crippen molar-refractivity contribution in [3.63, 3.8) is 0 Å². The van der Waals surface area contributed by atoms with E-state index in [2.05, 4.69) is 34.1 Å². The minimum absolute atomic E-state index is 0.211. The molecule has 2 aliphatic heterocycles. The van der Waals surface area contributed by atoms with Gasteiger partial charge in [-0.3, -0.25) is 9.78 Å². The lowest BCUT2D eigenvalue weighted by atomic mass is 9.98. The monoisotopic (exact) mass is 350 g/mol. The van der Waals surface area contributed by atoms with Crippen molar-refractivity contribution in [3.8, 4) is 5.75 Å². The Morgan fingerprint density at radius 3 is 2.42 bits per heavy atom. The highest BCUT2D eigenvalue weighted by atomic mass is 16.5. The third kappa shape index (κ3) is 3.90. The van der Waals surface area contributed by atoms with Crippen LogP contribution in [0.3, 0.4) is 0 Å². The maximum atomic E-state index is 12.8. The summed E-state index contributed by atoms with van der Waals surface area (Å²) in [5.74, 6) is 1.21. The number of benzene rings is 1. The van der Waals surface area contributed by atoms with Crippen molar-refractivity contribution < 1.29 is 9.53 Å². The molecule has 1 aromatic heterocycles. The molecule has 136 valence electrons. The summed E-state index contributed by atoms with van der Waals surface area (Å²) in [4.78, 5) is 19.0. The highest BCUT2D eigenvalue weighted by molar-refractivity contribution is 5.77. The van der Waals surface area contributed by atoms with E-state index >= 15 is 0 Å². The molecule has 1 amide bonds.